The van der Waals surface area contributed by atoms with E-state index < -0.39 is 34.6 Å². The number of rotatable bonds is 6. The summed E-state index contributed by atoms with van der Waals surface area (Å²) in [5.74, 6) is 0.0705. The summed E-state index contributed by atoms with van der Waals surface area (Å²) in [5, 5.41) is -0.737. The van der Waals surface area contributed by atoms with Gasteiger partial charge in [0.05, 0.1) is 16.6 Å². The molecule has 0 atom stereocenters. The molecule has 0 bridgehead atoms. The number of fused-ring (bicyclic) bond motifs is 1. The van der Waals surface area contributed by atoms with Gasteiger partial charge in [0.15, 0.2) is 5.82 Å². The Hall–Kier alpha value is -3.01. The van der Waals surface area contributed by atoms with Gasteiger partial charge in [0.1, 0.15) is 11.6 Å². The van der Waals surface area contributed by atoms with E-state index in [9.17, 15) is 26.3 Å². The maximum absolute atomic E-state index is 14.8. The molecule has 1 fully saturated rings. The smallest absolute Gasteiger partial charge is 0.256 e. The third-order valence-electron chi connectivity index (χ3n) is 7.04. The second-order valence-electron chi connectivity index (χ2n) is 9.62. The van der Waals surface area contributed by atoms with Crippen LogP contribution in [0.4, 0.5) is 26.3 Å². The maximum atomic E-state index is 14.8. The summed E-state index contributed by atoms with van der Waals surface area (Å²) in [6, 6.07) is 6.85. The Morgan fingerprint density at radius 3 is 2.22 bits per heavy atom. The molecule has 3 aromatic rings. The van der Waals surface area contributed by atoms with Gasteiger partial charge in [-0.05, 0) is 59.9 Å². The Morgan fingerprint density at radius 2 is 1.61 bits per heavy atom. The molecule has 1 saturated carbocycles. The average Bonchev–Trinajstić information content (AvgIpc) is 2.83. The molecule has 1 heterocycles. The first-order valence-corrected chi connectivity index (χ1v) is 12.3. The van der Waals surface area contributed by atoms with Crippen molar-refractivity contribution >= 4 is 10.8 Å². The molecule has 190 valence electrons. The van der Waals surface area contributed by atoms with E-state index in [0.29, 0.717) is 11.3 Å². The maximum Gasteiger partial charge on any atom is 0.458 e. The molecule has 0 spiro atoms. The summed E-state index contributed by atoms with van der Waals surface area (Å²) in [6.45, 7) is 2.24. The van der Waals surface area contributed by atoms with E-state index >= 15 is 0 Å². The molecular formula is C29H27F6N. The number of pyridine rings is 1. The molecule has 4 rings (SSSR count). The fraction of sp³-hybridized carbons (Fsp3) is 0.414. The van der Waals surface area contributed by atoms with Crippen LogP contribution in [-0.2, 0) is 6.42 Å². The van der Waals surface area contributed by atoms with E-state index in [4.69, 9.17) is 0 Å². The summed E-state index contributed by atoms with van der Waals surface area (Å²) in [6.07, 6.45) is 6.52. The van der Waals surface area contributed by atoms with Crippen LogP contribution >= 0.6 is 0 Å². The van der Waals surface area contributed by atoms with Crippen molar-refractivity contribution in [2.45, 2.75) is 64.5 Å². The fourth-order valence-electron chi connectivity index (χ4n) is 5.14. The third kappa shape index (κ3) is 6.21. The van der Waals surface area contributed by atoms with E-state index in [1.165, 1.54) is 50.5 Å². The van der Waals surface area contributed by atoms with E-state index in [-0.39, 0.29) is 5.39 Å². The Balaban J connectivity index is 1.50. The number of hydrogen-bond acceptors (Lipinski definition) is 1. The predicted octanol–water partition coefficient (Wildman–Crippen LogP) is 8.77. The molecule has 0 saturated heterocycles. The molecule has 0 N–H and O–H groups in total. The SMILES string of the molecule is CCCC1CCC(CCc2ccc(-c3cc(F)c4c(F)c(C#CC(F)(F)F)c(F)cc4c3)nc2)CC1. The van der Waals surface area contributed by atoms with Crippen molar-refractivity contribution in [1.29, 1.82) is 0 Å². The molecule has 1 aliphatic rings. The molecule has 36 heavy (non-hydrogen) atoms. The van der Waals surface area contributed by atoms with Crippen molar-refractivity contribution in [1.82, 2.24) is 4.98 Å². The largest absolute Gasteiger partial charge is 0.458 e. The zero-order valence-electron chi connectivity index (χ0n) is 20.0. The van der Waals surface area contributed by atoms with Crippen LogP contribution in [0.1, 0.15) is 63.0 Å². The number of nitrogens with zero attached hydrogens (tertiary/aromatic N) is 1. The molecule has 7 heteroatoms. The Morgan fingerprint density at radius 1 is 0.917 bits per heavy atom. The van der Waals surface area contributed by atoms with Crippen molar-refractivity contribution in [2.75, 3.05) is 0 Å². The fourth-order valence-corrected chi connectivity index (χ4v) is 5.14. The first kappa shape index (κ1) is 26.1. The molecule has 0 aliphatic heterocycles. The highest BCUT2D eigenvalue weighted by Gasteiger charge is 2.24. The second-order valence-corrected chi connectivity index (χ2v) is 9.62. The van der Waals surface area contributed by atoms with Crippen LogP contribution in [0.3, 0.4) is 0 Å². The van der Waals surface area contributed by atoms with Crippen molar-refractivity contribution in [3.05, 3.63) is 65.1 Å². The monoisotopic (exact) mass is 503 g/mol. The van der Waals surface area contributed by atoms with Crippen molar-refractivity contribution in [3.8, 4) is 23.1 Å². The Kier molecular flexibility index (Phi) is 7.92. The molecule has 0 radical (unpaired) electrons. The summed E-state index contributed by atoms with van der Waals surface area (Å²) in [5.41, 5.74) is 0.698. The molecule has 1 aromatic heterocycles. The number of aryl methyl sites for hydroxylation is 1. The van der Waals surface area contributed by atoms with E-state index in [0.717, 1.165) is 48.3 Å². The van der Waals surface area contributed by atoms with Crippen LogP contribution in [-0.4, -0.2) is 11.2 Å². The summed E-state index contributed by atoms with van der Waals surface area (Å²) < 4.78 is 80.9. The Labute approximate surface area is 206 Å². The Bertz CT molecular complexity index is 1280. The molecular weight excluding hydrogens is 476 g/mol. The number of hydrogen-bond donors (Lipinski definition) is 0. The van der Waals surface area contributed by atoms with Crippen LogP contribution in [0.5, 0.6) is 0 Å². The minimum atomic E-state index is -4.93. The molecule has 0 unspecified atom stereocenters. The average molecular weight is 504 g/mol. The minimum Gasteiger partial charge on any atom is -0.256 e. The highest BCUT2D eigenvalue weighted by Crippen LogP contribution is 2.34. The van der Waals surface area contributed by atoms with Crippen LogP contribution in [0.25, 0.3) is 22.0 Å². The summed E-state index contributed by atoms with van der Waals surface area (Å²) >= 11 is 0. The van der Waals surface area contributed by atoms with E-state index in [2.05, 4.69) is 11.9 Å². The normalized spacial score (nSPS) is 18.2. The van der Waals surface area contributed by atoms with Gasteiger partial charge in [0, 0.05) is 17.7 Å². The van der Waals surface area contributed by atoms with Crippen LogP contribution in [0.15, 0.2) is 36.5 Å². The first-order chi connectivity index (χ1) is 17.1. The lowest BCUT2D eigenvalue weighted by atomic mass is 9.78. The van der Waals surface area contributed by atoms with Gasteiger partial charge >= 0.3 is 6.18 Å². The van der Waals surface area contributed by atoms with Gasteiger partial charge in [-0.1, -0.05) is 57.4 Å². The summed E-state index contributed by atoms with van der Waals surface area (Å²) in [4.78, 5) is 4.41. The predicted molar refractivity (Wildman–Crippen MR) is 129 cm³/mol. The number of benzene rings is 2. The zero-order chi connectivity index (χ0) is 25.9. The number of alkyl halides is 3. The third-order valence-corrected chi connectivity index (χ3v) is 7.04. The van der Waals surface area contributed by atoms with Crippen molar-refractivity contribution in [2.24, 2.45) is 11.8 Å². The lowest BCUT2D eigenvalue weighted by molar-refractivity contribution is -0.0696. The molecule has 1 aliphatic carbocycles. The first-order valence-electron chi connectivity index (χ1n) is 12.3. The number of halogens is 6. The van der Waals surface area contributed by atoms with Gasteiger partial charge in [-0.25, -0.2) is 13.2 Å². The lowest BCUT2D eigenvalue weighted by Gasteiger charge is -2.28. The second kappa shape index (κ2) is 10.9. The van der Waals surface area contributed by atoms with Gasteiger partial charge < -0.3 is 0 Å². The molecule has 2 aromatic carbocycles. The van der Waals surface area contributed by atoms with Crippen molar-refractivity contribution < 1.29 is 26.3 Å². The van der Waals surface area contributed by atoms with Crippen LogP contribution in [0.2, 0.25) is 0 Å². The van der Waals surface area contributed by atoms with E-state index in [1.807, 2.05) is 6.07 Å². The van der Waals surface area contributed by atoms with Gasteiger partial charge in [-0.2, -0.15) is 13.2 Å². The van der Waals surface area contributed by atoms with Gasteiger partial charge in [0.2, 0.25) is 0 Å². The van der Waals surface area contributed by atoms with Crippen LogP contribution < -0.4 is 0 Å². The standard InChI is InChI=1S/C29H27F6N/c1-2-3-18-4-6-19(7-5-18)8-9-20-10-11-26(36-17-20)21-14-22-16-24(30)23(12-13-29(33,34)35)28(32)27(22)25(31)15-21/h10-11,14-19H,2-9H2,1H3. The van der Waals surface area contributed by atoms with Gasteiger partial charge in [0.25, 0.3) is 0 Å². The van der Waals surface area contributed by atoms with E-state index in [1.54, 1.807) is 12.3 Å². The highest BCUT2D eigenvalue weighted by molar-refractivity contribution is 5.89. The van der Waals surface area contributed by atoms with Crippen LogP contribution in [0, 0.1) is 41.1 Å². The topological polar surface area (TPSA) is 12.9 Å². The van der Waals surface area contributed by atoms with Gasteiger partial charge in [-0.15, -0.1) is 0 Å². The quantitative estimate of drug-likeness (QED) is 0.242. The highest BCUT2D eigenvalue weighted by atomic mass is 19.4. The van der Waals surface area contributed by atoms with Crippen molar-refractivity contribution in [3.63, 3.8) is 0 Å². The zero-order valence-corrected chi connectivity index (χ0v) is 20.0. The summed E-state index contributed by atoms with van der Waals surface area (Å²) in [7, 11) is 0. The minimum absolute atomic E-state index is 0.123. The lowest BCUT2D eigenvalue weighted by Crippen LogP contribution is -2.15. The van der Waals surface area contributed by atoms with Gasteiger partial charge in [-0.3, -0.25) is 4.98 Å². The molecule has 0 amide bonds. The molecule has 1 nitrogen and oxygen atoms in total. The number of aromatic nitrogens is 1.